The Morgan fingerprint density at radius 1 is 1.03 bits per heavy atom. The highest BCUT2D eigenvalue weighted by Crippen LogP contribution is 2.25. The molecule has 1 N–H and O–H groups in total. The van der Waals surface area contributed by atoms with E-state index in [2.05, 4.69) is 26.3 Å². The lowest BCUT2D eigenvalue weighted by Crippen LogP contribution is -2.13. The molecule has 0 unspecified atom stereocenters. The quantitative estimate of drug-likeness (QED) is 0.314. The number of halogens is 3. The molecule has 0 radical (unpaired) electrons. The van der Waals surface area contributed by atoms with Crippen molar-refractivity contribution in [2.24, 2.45) is 0 Å². The van der Waals surface area contributed by atoms with Crippen LogP contribution in [0.1, 0.15) is 21.5 Å². The van der Waals surface area contributed by atoms with Crippen molar-refractivity contribution in [1.82, 2.24) is 9.78 Å². The fourth-order valence-electron chi connectivity index (χ4n) is 2.99. The van der Waals surface area contributed by atoms with Gasteiger partial charge in [-0.25, -0.2) is 4.39 Å². The van der Waals surface area contributed by atoms with E-state index in [1.54, 1.807) is 35.1 Å². The molecule has 1 aromatic heterocycles. The van der Waals surface area contributed by atoms with Crippen LogP contribution >= 0.6 is 27.5 Å². The SMILES string of the molecule is O=C(Nc1nn(Cc2ccc(F)cc2)cc1Cl)c1ccc(COc2ccccc2Br)cc1. The van der Waals surface area contributed by atoms with Gasteiger partial charge < -0.3 is 10.1 Å². The number of nitrogens with one attached hydrogen (secondary N) is 1. The summed E-state index contributed by atoms with van der Waals surface area (Å²) in [6.45, 7) is 0.784. The number of para-hydroxylation sites is 1. The highest BCUT2D eigenvalue weighted by molar-refractivity contribution is 9.10. The first-order valence-electron chi connectivity index (χ1n) is 9.73. The first-order chi connectivity index (χ1) is 15.5. The number of nitrogens with zero attached hydrogens (tertiary/aromatic N) is 2. The number of anilines is 1. The lowest BCUT2D eigenvalue weighted by atomic mass is 10.1. The van der Waals surface area contributed by atoms with Gasteiger partial charge in [0.15, 0.2) is 5.82 Å². The molecule has 3 aromatic carbocycles. The predicted octanol–water partition coefficient (Wildman–Crippen LogP) is 6.32. The lowest BCUT2D eigenvalue weighted by molar-refractivity contribution is 0.102. The van der Waals surface area contributed by atoms with E-state index in [9.17, 15) is 9.18 Å². The van der Waals surface area contributed by atoms with Crippen LogP contribution in [0.15, 0.2) is 83.5 Å². The van der Waals surface area contributed by atoms with Crippen LogP contribution in [0, 0.1) is 5.82 Å². The molecule has 0 atom stereocenters. The number of hydrogen-bond donors (Lipinski definition) is 1. The Morgan fingerprint density at radius 2 is 1.72 bits per heavy atom. The number of carbonyl (C=O) groups excluding carboxylic acids is 1. The number of rotatable bonds is 7. The second-order valence-corrected chi connectivity index (χ2v) is 8.28. The number of ether oxygens (including phenoxy) is 1. The molecule has 5 nitrogen and oxygen atoms in total. The third-order valence-corrected chi connectivity index (χ3v) is 5.59. The summed E-state index contributed by atoms with van der Waals surface area (Å²) in [5, 5.41) is 7.36. The average Bonchev–Trinajstić information content (AvgIpc) is 3.13. The van der Waals surface area contributed by atoms with Crippen LogP contribution in [0.3, 0.4) is 0 Å². The lowest BCUT2D eigenvalue weighted by Gasteiger charge is -2.09. The highest BCUT2D eigenvalue weighted by Gasteiger charge is 2.13. The Kier molecular flexibility index (Phi) is 6.87. The van der Waals surface area contributed by atoms with Gasteiger partial charge in [-0.15, -0.1) is 0 Å². The maximum Gasteiger partial charge on any atom is 0.256 e. The zero-order chi connectivity index (χ0) is 22.5. The van der Waals surface area contributed by atoms with E-state index in [1.807, 2.05) is 36.4 Å². The number of carbonyl (C=O) groups is 1. The van der Waals surface area contributed by atoms with Gasteiger partial charge in [-0.2, -0.15) is 5.10 Å². The normalized spacial score (nSPS) is 10.7. The minimum absolute atomic E-state index is 0.264. The van der Waals surface area contributed by atoms with Gasteiger partial charge in [0.1, 0.15) is 23.2 Å². The predicted molar refractivity (Wildman–Crippen MR) is 126 cm³/mol. The zero-order valence-corrected chi connectivity index (χ0v) is 19.1. The molecule has 1 amide bonds. The molecule has 32 heavy (non-hydrogen) atoms. The molecule has 0 spiro atoms. The Labute approximate surface area is 197 Å². The summed E-state index contributed by atoms with van der Waals surface area (Å²) in [5.41, 5.74) is 2.27. The van der Waals surface area contributed by atoms with Crippen molar-refractivity contribution in [1.29, 1.82) is 0 Å². The van der Waals surface area contributed by atoms with Crippen molar-refractivity contribution in [2.45, 2.75) is 13.2 Å². The maximum atomic E-state index is 13.1. The molecular weight excluding hydrogens is 497 g/mol. The van der Waals surface area contributed by atoms with E-state index in [0.717, 1.165) is 21.3 Å². The van der Waals surface area contributed by atoms with Gasteiger partial charge in [0.2, 0.25) is 0 Å². The van der Waals surface area contributed by atoms with Crippen molar-refractivity contribution in [2.75, 3.05) is 5.32 Å². The summed E-state index contributed by atoms with van der Waals surface area (Å²) in [5.74, 6) is 0.392. The number of amides is 1. The van der Waals surface area contributed by atoms with Crippen LogP contribution in [0.25, 0.3) is 0 Å². The summed E-state index contributed by atoms with van der Waals surface area (Å²) in [6, 6.07) is 20.8. The zero-order valence-electron chi connectivity index (χ0n) is 16.8. The van der Waals surface area contributed by atoms with Gasteiger partial charge in [-0.1, -0.05) is 48.0 Å². The summed E-state index contributed by atoms with van der Waals surface area (Å²) < 4.78 is 21.3. The first-order valence-corrected chi connectivity index (χ1v) is 10.9. The van der Waals surface area contributed by atoms with Crippen molar-refractivity contribution in [3.63, 3.8) is 0 Å². The molecular formula is C24H18BrClFN3O2. The second kappa shape index (κ2) is 9.97. The molecule has 0 bridgehead atoms. The number of aromatic nitrogens is 2. The molecule has 0 aliphatic heterocycles. The van der Waals surface area contributed by atoms with Crippen LogP contribution in [0.5, 0.6) is 5.75 Å². The number of hydrogen-bond acceptors (Lipinski definition) is 3. The van der Waals surface area contributed by atoms with Gasteiger partial charge >= 0.3 is 0 Å². The minimum atomic E-state index is -0.322. The standard InChI is InChI=1S/C24H18BrClFN3O2/c25-20-3-1-2-4-22(20)32-15-17-5-9-18(10-6-17)24(31)28-23-21(26)14-30(29-23)13-16-7-11-19(27)12-8-16/h1-12,14H,13,15H2,(H,28,29,31). The van der Waals surface area contributed by atoms with Crippen molar-refractivity contribution in [3.8, 4) is 5.75 Å². The fraction of sp³-hybridized carbons (Fsp3) is 0.0833. The van der Waals surface area contributed by atoms with E-state index < -0.39 is 0 Å². The summed E-state index contributed by atoms with van der Waals surface area (Å²) >= 11 is 9.68. The fourth-order valence-corrected chi connectivity index (χ4v) is 3.59. The molecule has 0 aliphatic carbocycles. The van der Waals surface area contributed by atoms with Gasteiger partial charge in [-0.05, 0) is 63.5 Å². The largest absolute Gasteiger partial charge is 0.488 e. The van der Waals surface area contributed by atoms with E-state index in [0.29, 0.717) is 23.7 Å². The van der Waals surface area contributed by atoms with E-state index in [-0.39, 0.29) is 17.5 Å². The van der Waals surface area contributed by atoms with Crippen LogP contribution in [-0.4, -0.2) is 15.7 Å². The third-order valence-electron chi connectivity index (χ3n) is 4.65. The Bertz CT molecular complexity index is 1230. The molecule has 0 saturated heterocycles. The van der Waals surface area contributed by atoms with Gasteiger partial charge in [-0.3, -0.25) is 9.48 Å². The average molecular weight is 515 g/mol. The van der Waals surface area contributed by atoms with Crippen LogP contribution < -0.4 is 10.1 Å². The van der Waals surface area contributed by atoms with Crippen molar-refractivity contribution in [3.05, 3.63) is 111 Å². The Morgan fingerprint density at radius 3 is 2.44 bits per heavy atom. The number of benzene rings is 3. The van der Waals surface area contributed by atoms with Crippen molar-refractivity contribution < 1.29 is 13.9 Å². The first kappa shape index (κ1) is 22.0. The molecule has 0 aliphatic rings. The summed E-state index contributed by atoms with van der Waals surface area (Å²) in [7, 11) is 0. The highest BCUT2D eigenvalue weighted by atomic mass is 79.9. The smallest absolute Gasteiger partial charge is 0.256 e. The molecule has 1 heterocycles. The van der Waals surface area contributed by atoms with Gasteiger partial charge in [0.25, 0.3) is 5.91 Å². The van der Waals surface area contributed by atoms with E-state index >= 15 is 0 Å². The molecule has 4 aromatic rings. The van der Waals surface area contributed by atoms with Crippen molar-refractivity contribution >= 4 is 39.3 Å². The van der Waals surface area contributed by atoms with Gasteiger partial charge in [0, 0.05) is 11.8 Å². The van der Waals surface area contributed by atoms with Crippen LogP contribution in [-0.2, 0) is 13.2 Å². The Hall–Kier alpha value is -3.16. The minimum Gasteiger partial charge on any atom is -0.488 e. The monoisotopic (exact) mass is 513 g/mol. The van der Waals surface area contributed by atoms with Gasteiger partial charge in [0.05, 0.1) is 11.0 Å². The van der Waals surface area contributed by atoms with E-state index in [1.165, 1.54) is 12.1 Å². The topological polar surface area (TPSA) is 56.2 Å². The second-order valence-electron chi connectivity index (χ2n) is 7.02. The van der Waals surface area contributed by atoms with Crippen LogP contribution in [0.4, 0.5) is 10.2 Å². The molecule has 162 valence electrons. The molecule has 8 heteroatoms. The summed E-state index contributed by atoms with van der Waals surface area (Å²) in [6.07, 6.45) is 1.61. The Balaban J connectivity index is 1.37. The van der Waals surface area contributed by atoms with Crippen LogP contribution in [0.2, 0.25) is 5.02 Å². The van der Waals surface area contributed by atoms with E-state index in [4.69, 9.17) is 16.3 Å². The molecule has 0 fully saturated rings. The summed E-state index contributed by atoms with van der Waals surface area (Å²) in [4.78, 5) is 12.6. The third kappa shape index (κ3) is 5.55. The molecule has 0 saturated carbocycles. The molecule has 4 rings (SSSR count). The maximum absolute atomic E-state index is 13.1.